The number of amides is 1. The largest absolute Gasteiger partial charge is 0.464 e. The third-order valence-corrected chi connectivity index (χ3v) is 5.57. The van der Waals surface area contributed by atoms with Crippen molar-refractivity contribution < 1.29 is 38.2 Å². The minimum atomic E-state index is -1.94. The fourth-order valence-electron chi connectivity index (χ4n) is 3.64. The van der Waals surface area contributed by atoms with Crippen molar-refractivity contribution in [3.05, 3.63) is 59.7 Å². The molecule has 0 aromatic heterocycles. The van der Waals surface area contributed by atoms with E-state index >= 15 is 0 Å². The van der Waals surface area contributed by atoms with Crippen LogP contribution in [0.5, 0.6) is 0 Å². The van der Waals surface area contributed by atoms with Gasteiger partial charge >= 0.3 is 17.9 Å². The van der Waals surface area contributed by atoms with E-state index in [1.165, 1.54) is 6.92 Å². The van der Waals surface area contributed by atoms with Crippen molar-refractivity contribution in [2.75, 3.05) is 19.8 Å². The molecular formula is C28H33NO8. The molecule has 198 valence electrons. The number of carbonyl (C=O) groups is 5. The van der Waals surface area contributed by atoms with Gasteiger partial charge in [0.2, 0.25) is 11.4 Å². The Balaban J connectivity index is 2.15. The zero-order valence-electron chi connectivity index (χ0n) is 21.6. The lowest BCUT2D eigenvalue weighted by Crippen LogP contribution is -2.61. The summed E-state index contributed by atoms with van der Waals surface area (Å²) in [5.74, 6) is -2.99. The van der Waals surface area contributed by atoms with E-state index in [1.807, 2.05) is 24.3 Å². The van der Waals surface area contributed by atoms with E-state index in [9.17, 15) is 24.0 Å². The van der Waals surface area contributed by atoms with Crippen molar-refractivity contribution in [2.45, 2.75) is 52.5 Å². The number of ether oxygens (including phenoxy) is 3. The van der Waals surface area contributed by atoms with Crippen molar-refractivity contribution in [2.24, 2.45) is 0 Å². The molecule has 0 aliphatic carbocycles. The summed E-state index contributed by atoms with van der Waals surface area (Å²) in [7, 11) is 0. The van der Waals surface area contributed by atoms with Gasteiger partial charge in [0.25, 0.3) is 0 Å². The average Bonchev–Trinajstić information content (AvgIpc) is 2.89. The third-order valence-electron chi connectivity index (χ3n) is 5.57. The van der Waals surface area contributed by atoms with Crippen LogP contribution < -0.4 is 5.32 Å². The van der Waals surface area contributed by atoms with Crippen LogP contribution in [0.2, 0.25) is 0 Å². The molecule has 1 amide bonds. The lowest BCUT2D eigenvalue weighted by molar-refractivity contribution is -0.168. The number of benzene rings is 2. The Morgan fingerprint density at radius 2 is 1.27 bits per heavy atom. The molecule has 0 bridgehead atoms. The lowest BCUT2D eigenvalue weighted by Gasteiger charge is -2.29. The van der Waals surface area contributed by atoms with Gasteiger partial charge in [0.05, 0.1) is 13.2 Å². The SMILES string of the molecule is CCOC(=O)C(CCc1ccc(-c2ccc(C(=O)COC(=O)CC)cc2)cc1)(NC(C)=O)C(=O)OCC. The number of nitrogens with one attached hydrogen (secondary N) is 1. The fraction of sp³-hybridized carbons (Fsp3) is 0.393. The predicted molar refractivity (Wildman–Crippen MR) is 136 cm³/mol. The molecule has 0 saturated heterocycles. The van der Waals surface area contributed by atoms with Gasteiger partial charge in [0, 0.05) is 18.9 Å². The highest BCUT2D eigenvalue weighted by Gasteiger charge is 2.49. The quantitative estimate of drug-likeness (QED) is 0.188. The van der Waals surface area contributed by atoms with Crippen molar-refractivity contribution in [3.8, 4) is 11.1 Å². The normalized spacial score (nSPS) is 10.8. The van der Waals surface area contributed by atoms with Crippen molar-refractivity contribution >= 4 is 29.6 Å². The van der Waals surface area contributed by atoms with Crippen LogP contribution in [-0.2, 0) is 39.8 Å². The number of esters is 3. The summed E-state index contributed by atoms with van der Waals surface area (Å²) in [5.41, 5.74) is 1.10. The van der Waals surface area contributed by atoms with Crippen LogP contribution in [0, 0.1) is 0 Å². The summed E-state index contributed by atoms with van der Waals surface area (Å²) in [5, 5.41) is 2.46. The standard InChI is InChI=1S/C28H33NO8/c1-5-25(32)37-18-24(31)23-14-12-22(13-15-23)21-10-8-20(9-11-21)16-17-28(29-19(4)30,26(33)35-6-2)27(34)36-7-3/h8-15H,5-7,16-18H2,1-4H3,(H,29,30). The smallest absolute Gasteiger partial charge is 0.343 e. The molecule has 9 nitrogen and oxygen atoms in total. The lowest BCUT2D eigenvalue weighted by atomic mass is 9.90. The van der Waals surface area contributed by atoms with Gasteiger partial charge in [-0.15, -0.1) is 0 Å². The molecular weight excluding hydrogens is 478 g/mol. The van der Waals surface area contributed by atoms with E-state index in [0.29, 0.717) is 12.0 Å². The zero-order valence-corrected chi connectivity index (χ0v) is 21.6. The monoisotopic (exact) mass is 511 g/mol. The maximum absolute atomic E-state index is 12.8. The van der Waals surface area contributed by atoms with E-state index < -0.39 is 29.4 Å². The molecule has 0 heterocycles. The van der Waals surface area contributed by atoms with Crippen LogP contribution in [0.1, 0.15) is 56.5 Å². The molecule has 0 unspecified atom stereocenters. The van der Waals surface area contributed by atoms with Crippen molar-refractivity contribution in [1.82, 2.24) is 5.32 Å². The summed E-state index contributed by atoms with van der Waals surface area (Å²) >= 11 is 0. The summed E-state index contributed by atoms with van der Waals surface area (Å²) in [6, 6.07) is 14.4. The number of aryl methyl sites for hydroxylation is 1. The number of hydrogen-bond acceptors (Lipinski definition) is 8. The van der Waals surface area contributed by atoms with Crippen LogP contribution in [0.4, 0.5) is 0 Å². The molecule has 2 aromatic carbocycles. The Bertz CT molecular complexity index is 1090. The summed E-state index contributed by atoms with van der Waals surface area (Å²) in [4.78, 5) is 60.8. The molecule has 0 radical (unpaired) electrons. The van der Waals surface area contributed by atoms with Crippen LogP contribution in [0.3, 0.4) is 0 Å². The molecule has 0 fully saturated rings. The first-order valence-corrected chi connectivity index (χ1v) is 12.2. The topological polar surface area (TPSA) is 125 Å². The van der Waals surface area contributed by atoms with Gasteiger partial charge in [0.1, 0.15) is 0 Å². The average molecular weight is 512 g/mol. The Morgan fingerprint density at radius 1 is 0.757 bits per heavy atom. The van der Waals surface area contributed by atoms with E-state index in [4.69, 9.17) is 14.2 Å². The van der Waals surface area contributed by atoms with E-state index in [-0.39, 0.29) is 38.4 Å². The molecule has 0 aliphatic rings. The van der Waals surface area contributed by atoms with Crippen molar-refractivity contribution in [1.29, 1.82) is 0 Å². The second-order valence-electron chi connectivity index (χ2n) is 8.24. The highest BCUT2D eigenvalue weighted by molar-refractivity contribution is 6.07. The summed E-state index contributed by atoms with van der Waals surface area (Å²) in [6.45, 7) is 5.91. The highest BCUT2D eigenvalue weighted by atomic mass is 16.6. The number of carbonyl (C=O) groups excluding carboxylic acids is 5. The number of Topliss-reactive ketones (excluding diaryl/α,β-unsaturated/α-hetero) is 1. The van der Waals surface area contributed by atoms with E-state index in [1.54, 1.807) is 45.0 Å². The van der Waals surface area contributed by atoms with Gasteiger partial charge in [-0.2, -0.15) is 0 Å². The molecule has 0 aliphatic heterocycles. The van der Waals surface area contributed by atoms with Gasteiger partial charge in [-0.25, -0.2) is 9.59 Å². The first-order valence-electron chi connectivity index (χ1n) is 12.2. The second kappa shape index (κ2) is 13.9. The Labute approximate surface area is 216 Å². The minimum absolute atomic E-state index is 0.0387. The van der Waals surface area contributed by atoms with Crippen LogP contribution >= 0.6 is 0 Å². The van der Waals surface area contributed by atoms with Gasteiger partial charge in [-0.05, 0) is 43.4 Å². The highest BCUT2D eigenvalue weighted by Crippen LogP contribution is 2.24. The van der Waals surface area contributed by atoms with Gasteiger partial charge in [-0.3, -0.25) is 14.4 Å². The van der Waals surface area contributed by atoms with E-state index in [2.05, 4.69) is 5.32 Å². The fourth-order valence-corrected chi connectivity index (χ4v) is 3.64. The zero-order chi connectivity index (χ0) is 27.4. The minimum Gasteiger partial charge on any atom is -0.464 e. The van der Waals surface area contributed by atoms with Gasteiger partial charge < -0.3 is 19.5 Å². The second-order valence-corrected chi connectivity index (χ2v) is 8.24. The van der Waals surface area contributed by atoms with Crippen LogP contribution in [0.15, 0.2) is 48.5 Å². The molecule has 2 aromatic rings. The number of hydrogen-bond donors (Lipinski definition) is 1. The first kappa shape index (κ1) is 29.2. The molecule has 1 N–H and O–H groups in total. The van der Waals surface area contributed by atoms with Crippen LogP contribution in [-0.4, -0.2) is 55.0 Å². The van der Waals surface area contributed by atoms with Gasteiger partial charge in [0.15, 0.2) is 12.4 Å². The van der Waals surface area contributed by atoms with E-state index in [0.717, 1.165) is 16.7 Å². The maximum Gasteiger partial charge on any atom is 0.343 e. The third kappa shape index (κ3) is 7.99. The molecule has 9 heteroatoms. The predicted octanol–water partition coefficient (Wildman–Crippen LogP) is 3.42. The molecule has 2 rings (SSSR count). The number of ketones is 1. The summed E-state index contributed by atoms with van der Waals surface area (Å²) < 4.78 is 15.1. The molecule has 0 atom stereocenters. The molecule has 0 saturated carbocycles. The van der Waals surface area contributed by atoms with Crippen molar-refractivity contribution in [3.63, 3.8) is 0 Å². The maximum atomic E-state index is 12.8. The first-order chi connectivity index (χ1) is 17.7. The van der Waals surface area contributed by atoms with Crippen LogP contribution in [0.25, 0.3) is 11.1 Å². The molecule has 0 spiro atoms. The Hall–Kier alpha value is -4.01. The molecule has 37 heavy (non-hydrogen) atoms. The summed E-state index contributed by atoms with van der Waals surface area (Å²) in [6.07, 6.45) is 0.465. The van der Waals surface area contributed by atoms with Gasteiger partial charge in [-0.1, -0.05) is 55.5 Å². The number of rotatable bonds is 13. The Morgan fingerprint density at radius 3 is 1.73 bits per heavy atom. The Kier molecular flexibility index (Phi) is 11.0.